The second kappa shape index (κ2) is 8.18. The second-order valence-electron chi connectivity index (χ2n) is 9.20. The first kappa shape index (κ1) is 20.9. The Morgan fingerprint density at radius 3 is 2.88 bits per heavy atom. The lowest BCUT2D eigenvalue weighted by Crippen LogP contribution is -2.43. The number of carbonyl (C=O) groups excluding carboxylic acids is 1. The largest absolute Gasteiger partial charge is 0.378 e. The highest BCUT2D eigenvalue weighted by atomic mass is 16.5. The van der Waals surface area contributed by atoms with Crippen LogP contribution in [0.25, 0.3) is 5.65 Å². The van der Waals surface area contributed by atoms with Crippen molar-refractivity contribution in [3.05, 3.63) is 59.5 Å². The van der Waals surface area contributed by atoms with Crippen molar-refractivity contribution in [1.29, 1.82) is 0 Å². The van der Waals surface area contributed by atoms with Gasteiger partial charge in [-0.25, -0.2) is 9.50 Å². The molecule has 168 valence electrons. The average molecular weight is 435 g/mol. The fourth-order valence-electron chi connectivity index (χ4n) is 4.94. The lowest BCUT2D eigenvalue weighted by Gasteiger charge is -2.26. The van der Waals surface area contributed by atoms with Crippen LogP contribution in [0, 0.1) is 6.92 Å². The summed E-state index contributed by atoms with van der Waals surface area (Å²) >= 11 is 0. The first-order valence-corrected chi connectivity index (χ1v) is 11.2. The van der Waals surface area contributed by atoms with Crippen molar-refractivity contribution in [2.45, 2.75) is 37.8 Å². The topological polar surface area (TPSA) is 83.8 Å². The van der Waals surface area contributed by atoms with Gasteiger partial charge in [0.05, 0.1) is 24.0 Å². The predicted molar refractivity (Wildman–Crippen MR) is 123 cm³/mol. The quantitative estimate of drug-likeness (QED) is 0.638. The highest BCUT2D eigenvalue weighted by molar-refractivity contribution is 5.91. The van der Waals surface area contributed by atoms with E-state index >= 15 is 0 Å². The normalized spacial score (nSPS) is 25.5. The molecule has 8 heteroatoms. The number of hydrogen-bond acceptors (Lipinski definition) is 6. The van der Waals surface area contributed by atoms with Gasteiger partial charge in [0.25, 0.3) is 5.91 Å². The monoisotopic (exact) mass is 434 g/mol. The van der Waals surface area contributed by atoms with E-state index in [4.69, 9.17) is 4.74 Å². The van der Waals surface area contributed by atoms with Crippen molar-refractivity contribution in [1.82, 2.24) is 25.2 Å². The molecule has 8 nitrogen and oxygen atoms in total. The van der Waals surface area contributed by atoms with E-state index in [1.807, 2.05) is 13.1 Å². The van der Waals surface area contributed by atoms with Gasteiger partial charge in [0.15, 0.2) is 5.65 Å². The standard InChI is InChI=1S/C24H30N6O2/c1-16-11-18(29-10-9-24(2,15-29)17-7-5-4-6-8-17)14-30-22(16)27-21(28-30)23(31)26-19-12-25-13-20(19)32-3/h4-8,11,14,19-20,25H,9-10,12-13,15H2,1-3H3,(H,26,31)/t19-,20-,24+/m1/s1. The van der Waals surface area contributed by atoms with Crippen LogP contribution in [0.4, 0.5) is 5.69 Å². The molecule has 3 atom stereocenters. The number of nitrogens with zero attached hydrogens (tertiary/aromatic N) is 4. The van der Waals surface area contributed by atoms with Gasteiger partial charge in [-0.1, -0.05) is 37.3 Å². The molecular weight excluding hydrogens is 404 g/mol. The smallest absolute Gasteiger partial charge is 0.291 e. The Hall–Kier alpha value is -2.97. The Morgan fingerprint density at radius 1 is 1.28 bits per heavy atom. The van der Waals surface area contributed by atoms with Gasteiger partial charge in [-0.05, 0) is 30.5 Å². The fraction of sp³-hybridized carbons (Fsp3) is 0.458. The zero-order valence-electron chi connectivity index (χ0n) is 18.8. The molecule has 2 saturated heterocycles. The molecule has 0 radical (unpaired) electrons. The molecule has 0 aliphatic carbocycles. The third-order valence-corrected chi connectivity index (χ3v) is 6.89. The molecule has 2 N–H and O–H groups in total. The Balaban J connectivity index is 1.37. The predicted octanol–water partition coefficient (Wildman–Crippen LogP) is 1.92. The van der Waals surface area contributed by atoms with E-state index in [9.17, 15) is 4.79 Å². The van der Waals surface area contributed by atoms with Gasteiger partial charge in [-0.15, -0.1) is 5.10 Å². The maximum Gasteiger partial charge on any atom is 0.291 e. The van der Waals surface area contributed by atoms with Gasteiger partial charge in [0.2, 0.25) is 5.82 Å². The molecule has 0 saturated carbocycles. The summed E-state index contributed by atoms with van der Waals surface area (Å²) in [6, 6.07) is 12.8. The molecule has 2 aliphatic heterocycles. The Morgan fingerprint density at radius 2 is 2.09 bits per heavy atom. The van der Waals surface area contributed by atoms with Crippen LogP contribution in [0.2, 0.25) is 0 Å². The molecule has 2 aliphatic rings. The number of aromatic nitrogens is 3. The first-order valence-electron chi connectivity index (χ1n) is 11.2. The Bertz CT molecular complexity index is 1130. The van der Waals surface area contributed by atoms with Gasteiger partial charge in [0.1, 0.15) is 0 Å². The summed E-state index contributed by atoms with van der Waals surface area (Å²) in [5.41, 5.74) is 4.29. The summed E-state index contributed by atoms with van der Waals surface area (Å²) < 4.78 is 7.17. The number of nitrogens with one attached hydrogen (secondary N) is 2. The van der Waals surface area contributed by atoms with Crippen molar-refractivity contribution >= 4 is 17.2 Å². The van der Waals surface area contributed by atoms with Gasteiger partial charge in [-0.3, -0.25) is 4.79 Å². The lowest BCUT2D eigenvalue weighted by molar-refractivity contribution is 0.0772. The van der Waals surface area contributed by atoms with Gasteiger partial charge >= 0.3 is 0 Å². The lowest BCUT2D eigenvalue weighted by atomic mass is 9.82. The summed E-state index contributed by atoms with van der Waals surface area (Å²) in [5, 5.41) is 10.7. The summed E-state index contributed by atoms with van der Waals surface area (Å²) in [6.07, 6.45) is 3.03. The van der Waals surface area contributed by atoms with E-state index < -0.39 is 0 Å². The van der Waals surface area contributed by atoms with E-state index in [-0.39, 0.29) is 29.3 Å². The minimum Gasteiger partial charge on any atom is -0.378 e. The molecule has 0 spiro atoms. The number of hydrogen-bond donors (Lipinski definition) is 2. The maximum absolute atomic E-state index is 12.8. The van der Waals surface area contributed by atoms with Gasteiger partial charge in [-0.2, -0.15) is 0 Å². The van der Waals surface area contributed by atoms with Crippen molar-refractivity contribution in [2.75, 3.05) is 38.2 Å². The number of amides is 1. The summed E-state index contributed by atoms with van der Waals surface area (Å²) in [5.74, 6) is -0.0919. The van der Waals surface area contributed by atoms with Gasteiger partial charge in [0, 0.05) is 38.7 Å². The Labute approximate surface area is 188 Å². The molecule has 1 amide bonds. The molecular formula is C24H30N6O2. The molecule has 1 aromatic carbocycles. The summed E-state index contributed by atoms with van der Waals surface area (Å²) in [7, 11) is 1.66. The number of benzene rings is 1. The molecule has 0 bridgehead atoms. The average Bonchev–Trinajstić information content (AvgIpc) is 3.53. The number of methoxy groups -OCH3 is 1. The van der Waals surface area contributed by atoms with Crippen molar-refractivity contribution < 1.29 is 9.53 Å². The molecule has 5 rings (SSSR count). The molecule has 4 heterocycles. The van der Waals surface area contributed by atoms with Crippen molar-refractivity contribution in [3.8, 4) is 0 Å². The van der Waals surface area contributed by atoms with Crippen LogP contribution in [-0.2, 0) is 10.2 Å². The third kappa shape index (κ3) is 3.73. The first-order chi connectivity index (χ1) is 15.5. The van der Waals surface area contributed by atoms with Crippen LogP contribution in [0.15, 0.2) is 42.6 Å². The van der Waals surface area contributed by atoms with Crippen LogP contribution >= 0.6 is 0 Å². The van der Waals surface area contributed by atoms with E-state index in [2.05, 4.69) is 68.9 Å². The number of fused-ring (bicyclic) bond motifs is 1. The number of ether oxygens (including phenoxy) is 1. The van der Waals surface area contributed by atoms with E-state index in [1.54, 1.807) is 11.6 Å². The number of aryl methyl sites for hydroxylation is 1. The Kier molecular flexibility index (Phi) is 5.35. The maximum atomic E-state index is 12.8. The highest BCUT2D eigenvalue weighted by Gasteiger charge is 2.36. The number of anilines is 1. The van der Waals surface area contributed by atoms with Crippen LogP contribution in [-0.4, -0.2) is 65.9 Å². The fourth-order valence-corrected chi connectivity index (χ4v) is 4.94. The second-order valence-corrected chi connectivity index (χ2v) is 9.20. The van der Waals surface area contributed by atoms with Crippen molar-refractivity contribution in [2.24, 2.45) is 0 Å². The molecule has 3 aromatic rings. The van der Waals surface area contributed by atoms with Crippen LogP contribution in [0.5, 0.6) is 0 Å². The van der Waals surface area contributed by atoms with Crippen LogP contribution in [0.1, 0.15) is 35.1 Å². The van der Waals surface area contributed by atoms with Gasteiger partial charge < -0.3 is 20.3 Å². The molecule has 0 unspecified atom stereocenters. The van der Waals surface area contributed by atoms with Crippen molar-refractivity contribution in [3.63, 3.8) is 0 Å². The zero-order valence-corrected chi connectivity index (χ0v) is 18.8. The minimum atomic E-state index is -0.275. The van der Waals surface area contributed by atoms with E-state index in [1.165, 1.54) is 5.56 Å². The molecule has 2 fully saturated rings. The zero-order chi connectivity index (χ0) is 22.3. The van der Waals surface area contributed by atoms with E-state index in [0.29, 0.717) is 12.2 Å². The molecule has 2 aromatic heterocycles. The van der Waals surface area contributed by atoms with Crippen LogP contribution in [0.3, 0.4) is 0 Å². The minimum absolute atomic E-state index is 0.0431. The third-order valence-electron chi connectivity index (χ3n) is 6.89. The summed E-state index contributed by atoms with van der Waals surface area (Å²) in [6.45, 7) is 7.67. The number of pyridine rings is 1. The summed E-state index contributed by atoms with van der Waals surface area (Å²) in [4.78, 5) is 19.7. The molecule has 32 heavy (non-hydrogen) atoms. The number of carbonyl (C=O) groups is 1. The van der Waals surface area contributed by atoms with Crippen LogP contribution < -0.4 is 15.5 Å². The SMILES string of the molecule is CO[C@@H]1CNC[C@H]1NC(=O)c1nc2c(C)cc(N3CC[C@](C)(c4ccccc4)C3)cn2n1. The van der Waals surface area contributed by atoms with E-state index in [0.717, 1.165) is 37.3 Å². The highest BCUT2D eigenvalue weighted by Crippen LogP contribution is 2.36. The number of rotatable bonds is 5.